The Morgan fingerprint density at radius 2 is 2.17 bits per heavy atom. The summed E-state index contributed by atoms with van der Waals surface area (Å²) < 4.78 is 5.05. The standard InChI is InChI=1S/C13H16N2O3/c1-8(9-6-14-7-9)13(17)15-11-5-10(18-2)3-4-12(11)16/h3-5,14,16H,6-7H2,1-2H3,(H,15,17). The molecule has 0 aromatic heterocycles. The van der Waals surface area contributed by atoms with E-state index in [4.69, 9.17) is 4.74 Å². The molecule has 18 heavy (non-hydrogen) atoms. The van der Waals surface area contributed by atoms with Crippen molar-refractivity contribution in [1.82, 2.24) is 5.32 Å². The summed E-state index contributed by atoms with van der Waals surface area (Å²) in [5.41, 5.74) is 2.14. The van der Waals surface area contributed by atoms with Crippen LogP contribution in [0.15, 0.2) is 29.3 Å². The van der Waals surface area contributed by atoms with Gasteiger partial charge in [0.25, 0.3) is 5.91 Å². The van der Waals surface area contributed by atoms with Crippen LogP contribution in [-0.2, 0) is 4.79 Å². The highest BCUT2D eigenvalue weighted by molar-refractivity contribution is 6.04. The highest BCUT2D eigenvalue weighted by atomic mass is 16.5. The van der Waals surface area contributed by atoms with Crippen molar-refractivity contribution < 1.29 is 14.6 Å². The Morgan fingerprint density at radius 1 is 1.44 bits per heavy atom. The van der Waals surface area contributed by atoms with Gasteiger partial charge in [-0.15, -0.1) is 0 Å². The molecule has 1 aromatic rings. The zero-order valence-electron chi connectivity index (χ0n) is 10.4. The molecule has 96 valence electrons. The Hall–Kier alpha value is -2.01. The minimum atomic E-state index is -0.199. The first-order valence-electron chi connectivity index (χ1n) is 5.69. The lowest BCUT2D eigenvalue weighted by atomic mass is 10.0. The van der Waals surface area contributed by atoms with Gasteiger partial charge in [-0.3, -0.25) is 4.79 Å². The highest BCUT2D eigenvalue weighted by Gasteiger charge is 2.17. The lowest BCUT2D eigenvalue weighted by molar-refractivity contribution is -0.112. The summed E-state index contributed by atoms with van der Waals surface area (Å²) in [4.78, 5) is 11.9. The van der Waals surface area contributed by atoms with Crippen LogP contribution in [0, 0.1) is 0 Å². The smallest absolute Gasteiger partial charge is 0.251 e. The summed E-state index contributed by atoms with van der Waals surface area (Å²) in [6.07, 6.45) is 0. The molecule has 1 fully saturated rings. The molecule has 5 heteroatoms. The van der Waals surface area contributed by atoms with Gasteiger partial charge in [-0.1, -0.05) is 0 Å². The Morgan fingerprint density at radius 3 is 2.72 bits per heavy atom. The van der Waals surface area contributed by atoms with Gasteiger partial charge in [0.05, 0.1) is 12.8 Å². The lowest BCUT2D eigenvalue weighted by Gasteiger charge is -2.21. The minimum absolute atomic E-state index is 0.0219. The van der Waals surface area contributed by atoms with E-state index in [1.165, 1.54) is 13.2 Å². The van der Waals surface area contributed by atoms with Crippen LogP contribution in [0.25, 0.3) is 0 Å². The predicted molar refractivity (Wildman–Crippen MR) is 68.9 cm³/mol. The first-order chi connectivity index (χ1) is 8.61. The Labute approximate surface area is 105 Å². The second kappa shape index (κ2) is 5.10. The molecule has 0 spiro atoms. The second-order valence-corrected chi connectivity index (χ2v) is 4.17. The molecule has 1 aliphatic heterocycles. The Bertz CT molecular complexity index is 503. The van der Waals surface area contributed by atoms with E-state index in [0.717, 1.165) is 18.7 Å². The number of phenolic OH excluding ortho intramolecular Hbond substituents is 1. The number of aromatic hydroxyl groups is 1. The molecule has 0 aliphatic carbocycles. The molecule has 1 heterocycles. The fourth-order valence-electron chi connectivity index (χ4n) is 1.63. The molecule has 0 radical (unpaired) electrons. The molecule has 0 atom stereocenters. The van der Waals surface area contributed by atoms with E-state index in [1.54, 1.807) is 19.1 Å². The number of amides is 1. The quantitative estimate of drug-likeness (QED) is 0.556. The normalized spacial score (nSPS) is 13.8. The Balaban J connectivity index is 2.16. The third kappa shape index (κ3) is 2.46. The van der Waals surface area contributed by atoms with Crippen LogP contribution in [0.1, 0.15) is 6.92 Å². The van der Waals surface area contributed by atoms with Gasteiger partial charge < -0.3 is 20.5 Å². The zero-order valence-corrected chi connectivity index (χ0v) is 10.4. The number of nitrogens with one attached hydrogen (secondary N) is 2. The average molecular weight is 248 g/mol. The van der Waals surface area contributed by atoms with Crippen LogP contribution < -0.4 is 15.4 Å². The first-order valence-corrected chi connectivity index (χ1v) is 5.69. The molecule has 1 saturated heterocycles. The van der Waals surface area contributed by atoms with E-state index in [-0.39, 0.29) is 11.7 Å². The second-order valence-electron chi connectivity index (χ2n) is 4.17. The van der Waals surface area contributed by atoms with Gasteiger partial charge in [-0.25, -0.2) is 0 Å². The van der Waals surface area contributed by atoms with Crippen LogP contribution in [0.3, 0.4) is 0 Å². The van der Waals surface area contributed by atoms with Crippen LogP contribution in [0.5, 0.6) is 11.5 Å². The summed E-state index contributed by atoms with van der Waals surface area (Å²) in [6, 6.07) is 4.71. The molecule has 0 bridgehead atoms. The number of carbonyl (C=O) groups excluding carboxylic acids is 1. The van der Waals surface area contributed by atoms with Crippen molar-refractivity contribution in [2.45, 2.75) is 6.92 Å². The Kier molecular flexibility index (Phi) is 3.53. The van der Waals surface area contributed by atoms with Crippen molar-refractivity contribution >= 4 is 11.6 Å². The van der Waals surface area contributed by atoms with Gasteiger partial charge in [0, 0.05) is 24.7 Å². The fourth-order valence-corrected chi connectivity index (χ4v) is 1.63. The molecule has 0 unspecified atom stereocenters. The van der Waals surface area contributed by atoms with Crippen molar-refractivity contribution in [3.05, 3.63) is 29.3 Å². The van der Waals surface area contributed by atoms with E-state index in [0.29, 0.717) is 17.0 Å². The number of phenols is 1. The number of rotatable bonds is 3. The maximum atomic E-state index is 11.9. The molecule has 3 N–H and O–H groups in total. The monoisotopic (exact) mass is 248 g/mol. The van der Waals surface area contributed by atoms with E-state index < -0.39 is 0 Å². The third-order valence-electron chi connectivity index (χ3n) is 3.00. The van der Waals surface area contributed by atoms with E-state index in [2.05, 4.69) is 10.6 Å². The minimum Gasteiger partial charge on any atom is -0.506 e. The number of hydrogen-bond donors (Lipinski definition) is 3. The third-order valence-corrected chi connectivity index (χ3v) is 3.00. The van der Waals surface area contributed by atoms with Crippen LogP contribution >= 0.6 is 0 Å². The SMILES string of the molecule is COc1ccc(O)c(NC(=O)C(C)=C2CNC2)c1. The fraction of sp³-hybridized carbons (Fsp3) is 0.308. The zero-order chi connectivity index (χ0) is 13.1. The molecule has 1 amide bonds. The maximum absolute atomic E-state index is 11.9. The van der Waals surface area contributed by atoms with Crippen molar-refractivity contribution in [3.8, 4) is 11.5 Å². The first kappa shape index (κ1) is 12.4. The van der Waals surface area contributed by atoms with Gasteiger partial charge >= 0.3 is 0 Å². The molecule has 1 aromatic carbocycles. The van der Waals surface area contributed by atoms with Gasteiger partial charge in [-0.05, 0) is 24.6 Å². The van der Waals surface area contributed by atoms with Gasteiger partial charge in [-0.2, -0.15) is 0 Å². The molecule has 5 nitrogen and oxygen atoms in total. The predicted octanol–water partition coefficient (Wildman–Crippen LogP) is 1.26. The van der Waals surface area contributed by atoms with Gasteiger partial charge in [0.15, 0.2) is 0 Å². The summed E-state index contributed by atoms with van der Waals surface area (Å²) >= 11 is 0. The number of carbonyl (C=O) groups is 1. The number of ether oxygens (including phenoxy) is 1. The summed E-state index contributed by atoms with van der Waals surface area (Å²) in [5.74, 6) is 0.405. The van der Waals surface area contributed by atoms with E-state index >= 15 is 0 Å². The van der Waals surface area contributed by atoms with E-state index in [9.17, 15) is 9.90 Å². The number of anilines is 1. The van der Waals surface area contributed by atoms with Crippen molar-refractivity contribution in [3.63, 3.8) is 0 Å². The highest BCUT2D eigenvalue weighted by Crippen LogP contribution is 2.28. The van der Waals surface area contributed by atoms with Crippen LogP contribution in [0.2, 0.25) is 0 Å². The largest absolute Gasteiger partial charge is 0.506 e. The topological polar surface area (TPSA) is 70.6 Å². The summed E-state index contributed by atoms with van der Waals surface area (Å²) in [6.45, 7) is 3.29. The van der Waals surface area contributed by atoms with Crippen molar-refractivity contribution in [1.29, 1.82) is 0 Å². The molecule has 2 rings (SSSR count). The molecular formula is C13H16N2O3. The summed E-state index contributed by atoms with van der Waals surface area (Å²) in [5, 5.41) is 15.4. The number of methoxy groups -OCH3 is 1. The van der Waals surface area contributed by atoms with Crippen molar-refractivity contribution in [2.75, 3.05) is 25.5 Å². The van der Waals surface area contributed by atoms with Gasteiger partial charge in [0.2, 0.25) is 0 Å². The van der Waals surface area contributed by atoms with Crippen LogP contribution in [0.4, 0.5) is 5.69 Å². The van der Waals surface area contributed by atoms with E-state index in [1.807, 2.05) is 0 Å². The lowest BCUT2D eigenvalue weighted by Crippen LogP contribution is -2.36. The number of benzene rings is 1. The van der Waals surface area contributed by atoms with Crippen LogP contribution in [-0.4, -0.2) is 31.2 Å². The number of hydrogen-bond acceptors (Lipinski definition) is 4. The molecule has 1 aliphatic rings. The van der Waals surface area contributed by atoms with Crippen molar-refractivity contribution in [2.24, 2.45) is 0 Å². The van der Waals surface area contributed by atoms with Gasteiger partial charge in [0.1, 0.15) is 11.5 Å². The molecular weight excluding hydrogens is 232 g/mol. The average Bonchev–Trinajstić information content (AvgIpc) is 2.29. The molecule has 0 saturated carbocycles. The summed E-state index contributed by atoms with van der Waals surface area (Å²) in [7, 11) is 1.53. The maximum Gasteiger partial charge on any atom is 0.251 e.